The minimum Gasteiger partial charge on any atom is -0.460 e. The smallest absolute Gasteiger partial charge is 0.329 e. The molecule has 14 heteroatoms. The van der Waals surface area contributed by atoms with Gasteiger partial charge in [0.2, 0.25) is 5.79 Å². The van der Waals surface area contributed by atoms with Gasteiger partial charge in [-0.05, 0) is 107 Å². The summed E-state index contributed by atoms with van der Waals surface area (Å²) in [5.41, 5.74) is 0.400. The van der Waals surface area contributed by atoms with Crippen molar-refractivity contribution in [2.24, 2.45) is 35.5 Å². The van der Waals surface area contributed by atoms with E-state index in [9.17, 15) is 39.3 Å². The number of piperidine rings is 1. The van der Waals surface area contributed by atoms with Gasteiger partial charge in [0, 0.05) is 58.5 Å². The van der Waals surface area contributed by atoms with Crippen LogP contribution in [0.2, 0.25) is 0 Å². The molecule has 3 fully saturated rings. The Hall–Kier alpha value is -3.11. The van der Waals surface area contributed by atoms with E-state index >= 15 is 0 Å². The molecule has 2 saturated heterocycles. The minimum atomic E-state index is -2.41. The van der Waals surface area contributed by atoms with Gasteiger partial charge in [-0.25, -0.2) is 4.79 Å². The number of hydrogen-bond acceptors (Lipinski definition) is 13. The number of hydrogen-bond donors (Lipinski definition) is 3. The number of fused-ring (bicyclic) bond motifs is 3. The lowest BCUT2D eigenvalue weighted by Crippen LogP contribution is -2.60. The van der Waals surface area contributed by atoms with Gasteiger partial charge in [-0.15, -0.1) is 0 Å². The third kappa shape index (κ3) is 14.2. The number of cyclic esters (lactones) is 1. The molecule has 1 amide bonds. The SMILES string of the molecule is CO[C@@H]1/C=C/C=C/CC[C@@H](C)C[C@@H](C)C(=O)[C@H](OC)[C@H](O)/C(C)=C/[C@@H](C)C(=O)C[C@@H]([C@H](C)C[C@H]2CC[C@@H](O)[C@H](OC)C2)OC(=O)[C@@H]2CCCCN2C(=O)C(=O)[C@]2(O)O[C@@H](CC[C@H]2C)C1. The van der Waals surface area contributed by atoms with Crippen LogP contribution < -0.4 is 0 Å². The first kappa shape index (κ1) is 53.5. The summed E-state index contributed by atoms with van der Waals surface area (Å²) in [5, 5.41) is 33.8. The van der Waals surface area contributed by atoms with E-state index < -0.39 is 77.9 Å². The van der Waals surface area contributed by atoms with Crippen molar-refractivity contribution in [2.75, 3.05) is 27.9 Å². The van der Waals surface area contributed by atoms with E-state index in [1.165, 1.54) is 12.0 Å². The number of Topliss-reactive ketones (excluding diaryl/α,β-unsaturated/α-hetero) is 3. The highest BCUT2D eigenvalue weighted by atomic mass is 16.6. The average Bonchev–Trinajstić information content (AvgIpc) is 3.27. The second-order valence-corrected chi connectivity index (χ2v) is 19.5. The highest BCUT2D eigenvalue weighted by molar-refractivity contribution is 6.39. The Morgan fingerprint density at radius 1 is 0.875 bits per heavy atom. The van der Waals surface area contributed by atoms with E-state index in [2.05, 4.69) is 6.92 Å². The van der Waals surface area contributed by atoms with E-state index in [1.807, 2.05) is 38.2 Å². The van der Waals surface area contributed by atoms with Crippen molar-refractivity contribution in [3.63, 3.8) is 0 Å². The summed E-state index contributed by atoms with van der Waals surface area (Å²) in [7, 11) is 4.53. The van der Waals surface area contributed by atoms with Crippen molar-refractivity contribution >= 4 is 29.2 Å². The molecule has 15 atom stereocenters. The number of aliphatic hydroxyl groups excluding tert-OH is 2. The fraction of sp³-hybridized carbons (Fsp3) is 0.780. The maximum Gasteiger partial charge on any atom is 0.329 e. The van der Waals surface area contributed by atoms with Crippen LogP contribution in [-0.4, -0.2) is 132 Å². The monoisotopic (exact) mass is 902 g/mol. The Morgan fingerprint density at radius 3 is 2.30 bits per heavy atom. The first-order valence-electron chi connectivity index (χ1n) is 23.8. The van der Waals surface area contributed by atoms with E-state index in [-0.39, 0.29) is 60.7 Å². The molecule has 3 heterocycles. The number of rotatable bonds is 6. The lowest BCUT2D eigenvalue weighted by molar-refractivity contribution is -0.265. The summed E-state index contributed by atoms with van der Waals surface area (Å²) in [5.74, 6) is -7.62. The molecule has 4 aliphatic rings. The standard InChI is InChI=1S/C50H79NO13/c1-30-16-12-10-11-13-17-37(60-7)28-38-21-19-35(6)50(59,64-38)47(56)48(57)51-23-15-14-18-39(51)49(58)63-42(32(3)26-36-20-22-40(52)43(27-36)61-8)29-41(53)31(2)25-34(5)45(55)46(62-9)44(54)33(4)24-30/h10-11,13,17,25,30-33,35-40,42-43,45-46,52,55,59H,12,14-16,18-24,26-29H2,1-9H3/b11-10+,17-13+,34-25+/t30-,31-,32-,33-,35-,36-,37-,38+,39+,40-,42+,43-,45-,46+,50-/m1/s1. The Kier molecular flexibility index (Phi) is 21.0. The van der Waals surface area contributed by atoms with Crippen LogP contribution in [0.5, 0.6) is 0 Å². The molecular formula is C50H79NO13. The number of methoxy groups -OCH3 is 3. The van der Waals surface area contributed by atoms with Gasteiger partial charge in [0.15, 0.2) is 5.78 Å². The van der Waals surface area contributed by atoms with Gasteiger partial charge in [0.1, 0.15) is 30.1 Å². The first-order valence-corrected chi connectivity index (χ1v) is 23.8. The summed E-state index contributed by atoms with van der Waals surface area (Å²) < 4.78 is 29.2. The van der Waals surface area contributed by atoms with Crippen molar-refractivity contribution in [2.45, 2.75) is 186 Å². The highest BCUT2D eigenvalue weighted by Crippen LogP contribution is 2.37. The molecule has 4 rings (SSSR count). The quantitative estimate of drug-likeness (QED) is 0.159. The van der Waals surface area contributed by atoms with Crippen molar-refractivity contribution in [3.8, 4) is 0 Å². The van der Waals surface area contributed by atoms with Crippen LogP contribution in [0.3, 0.4) is 0 Å². The molecule has 2 bridgehead atoms. The maximum absolute atomic E-state index is 14.3. The average molecular weight is 902 g/mol. The molecule has 1 aliphatic carbocycles. The van der Waals surface area contributed by atoms with Crippen molar-refractivity contribution < 1.29 is 63.0 Å². The number of esters is 1. The molecular weight excluding hydrogens is 823 g/mol. The predicted octanol–water partition coefficient (Wildman–Crippen LogP) is 6.01. The van der Waals surface area contributed by atoms with Gasteiger partial charge in [0.25, 0.3) is 11.7 Å². The Morgan fingerprint density at radius 2 is 1.61 bits per heavy atom. The molecule has 64 heavy (non-hydrogen) atoms. The Bertz CT molecular complexity index is 1660. The molecule has 0 radical (unpaired) electrons. The fourth-order valence-electron chi connectivity index (χ4n) is 10.1. The summed E-state index contributed by atoms with van der Waals surface area (Å²) >= 11 is 0. The summed E-state index contributed by atoms with van der Waals surface area (Å²) in [6, 6.07) is -1.13. The molecule has 3 N–H and O–H groups in total. The van der Waals surface area contributed by atoms with Gasteiger partial charge in [-0.2, -0.15) is 0 Å². The highest BCUT2D eigenvalue weighted by Gasteiger charge is 2.53. The summed E-state index contributed by atoms with van der Waals surface area (Å²) in [6.07, 6.45) is 11.2. The topological polar surface area (TPSA) is 195 Å². The van der Waals surface area contributed by atoms with E-state index in [1.54, 1.807) is 41.1 Å². The van der Waals surface area contributed by atoms with Crippen LogP contribution in [0.25, 0.3) is 0 Å². The van der Waals surface area contributed by atoms with Crippen molar-refractivity contribution in [3.05, 3.63) is 36.0 Å². The lowest BCUT2D eigenvalue weighted by Gasteiger charge is -2.42. The van der Waals surface area contributed by atoms with Crippen molar-refractivity contribution in [1.82, 2.24) is 4.90 Å². The van der Waals surface area contributed by atoms with Crippen LogP contribution in [0.1, 0.15) is 131 Å². The number of aliphatic hydroxyl groups is 3. The zero-order valence-electron chi connectivity index (χ0n) is 39.9. The maximum atomic E-state index is 14.3. The summed E-state index contributed by atoms with van der Waals surface area (Å²) in [6.45, 7) is 11.0. The van der Waals surface area contributed by atoms with Gasteiger partial charge in [-0.1, -0.05) is 65.0 Å². The fourth-order valence-corrected chi connectivity index (χ4v) is 10.1. The molecule has 362 valence electrons. The van der Waals surface area contributed by atoms with E-state index in [0.717, 1.165) is 19.3 Å². The zero-order chi connectivity index (χ0) is 47.3. The number of carbonyl (C=O) groups is 5. The second-order valence-electron chi connectivity index (χ2n) is 19.5. The number of ketones is 3. The number of amides is 1. The largest absolute Gasteiger partial charge is 0.460 e. The molecule has 14 nitrogen and oxygen atoms in total. The molecule has 3 aliphatic heterocycles. The number of nitrogens with zero attached hydrogens (tertiary/aromatic N) is 1. The molecule has 0 aromatic heterocycles. The molecule has 0 spiro atoms. The molecule has 0 unspecified atom stereocenters. The minimum absolute atomic E-state index is 0.0936. The van der Waals surface area contributed by atoms with Crippen molar-refractivity contribution in [1.29, 1.82) is 0 Å². The third-order valence-electron chi connectivity index (χ3n) is 14.4. The van der Waals surface area contributed by atoms with Gasteiger partial charge < -0.3 is 43.9 Å². The van der Waals surface area contributed by atoms with E-state index in [0.29, 0.717) is 63.4 Å². The lowest BCUT2D eigenvalue weighted by atomic mass is 9.78. The third-order valence-corrected chi connectivity index (χ3v) is 14.4. The molecule has 1 saturated carbocycles. The summed E-state index contributed by atoms with van der Waals surface area (Å²) in [4.78, 5) is 71.6. The van der Waals surface area contributed by atoms with Crippen LogP contribution in [-0.2, 0) is 47.7 Å². The zero-order valence-corrected chi connectivity index (χ0v) is 39.9. The van der Waals surface area contributed by atoms with Gasteiger partial charge in [-0.3, -0.25) is 19.2 Å². The van der Waals surface area contributed by atoms with Gasteiger partial charge in [0.05, 0.1) is 24.4 Å². The number of ether oxygens (including phenoxy) is 5. The van der Waals surface area contributed by atoms with Crippen LogP contribution in [0.15, 0.2) is 36.0 Å². The molecule has 0 aromatic rings. The Labute approximate surface area is 381 Å². The second kappa shape index (κ2) is 25.1. The first-order chi connectivity index (χ1) is 30.3. The number of carbonyl (C=O) groups excluding carboxylic acids is 5. The predicted molar refractivity (Wildman–Crippen MR) is 241 cm³/mol. The number of allylic oxidation sites excluding steroid dienone is 4. The molecule has 0 aromatic carbocycles. The normalized spacial score (nSPS) is 40.1. The Balaban J connectivity index is 1.67. The van der Waals surface area contributed by atoms with Crippen LogP contribution in [0, 0.1) is 35.5 Å². The van der Waals surface area contributed by atoms with Crippen LogP contribution >= 0.6 is 0 Å². The van der Waals surface area contributed by atoms with Crippen LogP contribution in [0.4, 0.5) is 0 Å². The van der Waals surface area contributed by atoms with E-state index in [4.69, 9.17) is 23.7 Å². The van der Waals surface area contributed by atoms with Gasteiger partial charge >= 0.3 is 5.97 Å².